The highest BCUT2D eigenvalue weighted by atomic mass is 35.5. The molecule has 6 nitrogen and oxygen atoms in total. The normalized spacial score (nSPS) is 11.7. The molecule has 0 aliphatic carbocycles. The molecule has 0 unspecified atom stereocenters. The molecule has 0 saturated heterocycles. The van der Waals surface area contributed by atoms with E-state index >= 15 is 0 Å². The fourth-order valence-electron chi connectivity index (χ4n) is 2.33. The van der Waals surface area contributed by atoms with Crippen LogP contribution in [0, 0.1) is 0 Å². The molecule has 31 heavy (non-hydrogen) atoms. The Morgan fingerprint density at radius 3 is 2.03 bits per heavy atom. The quantitative estimate of drug-likeness (QED) is 0.373. The van der Waals surface area contributed by atoms with Gasteiger partial charge in [0.1, 0.15) is 11.3 Å². The van der Waals surface area contributed by atoms with Gasteiger partial charge in [-0.1, -0.05) is 11.6 Å². The molecule has 13 heteroatoms. The first kappa shape index (κ1) is 24.1. The number of anilines is 2. The summed E-state index contributed by atoms with van der Waals surface area (Å²) >= 11 is 5.81. The number of hydrogen-bond donors (Lipinski definition) is 2. The second-order valence-corrected chi connectivity index (χ2v) is 6.40. The van der Waals surface area contributed by atoms with E-state index in [-0.39, 0.29) is 28.1 Å². The van der Waals surface area contributed by atoms with Crippen LogP contribution < -0.4 is 15.8 Å². The van der Waals surface area contributed by atoms with Crippen molar-refractivity contribution in [2.75, 3.05) is 24.8 Å². The monoisotopic (exact) mass is 470 g/mol. The number of methoxy groups -OCH3 is 1. The van der Waals surface area contributed by atoms with E-state index in [1.165, 1.54) is 13.2 Å². The summed E-state index contributed by atoms with van der Waals surface area (Å²) in [4.78, 5) is 24.1. The van der Waals surface area contributed by atoms with Crippen LogP contribution in [0.3, 0.4) is 0 Å². The van der Waals surface area contributed by atoms with Crippen molar-refractivity contribution >= 4 is 34.9 Å². The minimum Gasteiger partial charge on any atom is -0.496 e. The van der Waals surface area contributed by atoms with Gasteiger partial charge in [0.15, 0.2) is 6.61 Å². The number of nitrogens with two attached hydrogens (primary N) is 1. The lowest BCUT2D eigenvalue weighted by Gasteiger charge is -2.15. The maximum atomic E-state index is 12.9. The first-order valence-corrected chi connectivity index (χ1v) is 8.49. The molecule has 0 radical (unpaired) electrons. The van der Waals surface area contributed by atoms with Crippen LogP contribution in [0.4, 0.5) is 37.7 Å². The van der Waals surface area contributed by atoms with Gasteiger partial charge in [-0.2, -0.15) is 26.3 Å². The molecule has 0 bridgehead atoms. The van der Waals surface area contributed by atoms with E-state index in [9.17, 15) is 35.9 Å². The summed E-state index contributed by atoms with van der Waals surface area (Å²) in [6, 6.07) is 2.88. The molecule has 2 rings (SSSR count). The number of halogens is 7. The predicted octanol–water partition coefficient (Wildman–Crippen LogP) is 4.76. The molecule has 0 saturated carbocycles. The smallest absolute Gasteiger partial charge is 0.416 e. The summed E-state index contributed by atoms with van der Waals surface area (Å²) in [6.45, 7) is -1.01. The Bertz CT molecular complexity index is 976. The van der Waals surface area contributed by atoms with Crippen molar-refractivity contribution in [3.8, 4) is 5.75 Å². The van der Waals surface area contributed by atoms with Gasteiger partial charge in [-0.25, -0.2) is 4.79 Å². The lowest BCUT2D eigenvalue weighted by atomic mass is 10.1. The Morgan fingerprint density at radius 1 is 1.00 bits per heavy atom. The van der Waals surface area contributed by atoms with E-state index in [0.29, 0.717) is 12.1 Å². The zero-order valence-electron chi connectivity index (χ0n) is 15.4. The van der Waals surface area contributed by atoms with E-state index in [2.05, 4.69) is 0 Å². The number of esters is 1. The molecule has 0 spiro atoms. The van der Waals surface area contributed by atoms with Crippen molar-refractivity contribution in [3.63, 3.8) is 0 Å². The van der Waals surface area contributed by atoms with Crippen molar-refractivity contribution in [2.45, 2.75) is 12.4 Å². The molecular formula is C18H13ClF6N2O4. The van der Waals surface area contributed by atoms with E-state index in [1.807, 2.05) is 5.32 Å². The minimum absolute atomic E-state index is 0.0131. The van der Waals surface area contributed by atoms with Crippen LogP contribution in [-0.2, 0) is 21.9 Å². The lowest BCUT2D eigenvalue weighted by molar-refractivity contribution is -0.143. The van der Waals surface area contributed by atoms with Crippen molar-refractivity contribution in [2.24, 2.45) is 0 Å². The lowest BCUT2D eigenvalue weighted by Crippen LogP contribution is -2.22. The van der Waals surface area contributed by atoms with E-state index in [1.54, 1.807) is 0 Å². The van der Waals surface area contributed by atoms with Crippen LogP contribution >= 0.6 is 11.6 Å². The molecule has 0 aliphatic rings. The van der Waals surface area contributed by atoms with Crippen LogP contribution in [0.1, 0.15) is 21.5 Å². The number of alkyl halides is 6. The van der Waals surface area contributed by atoms with E-state index < -0.39 is 47.7 Å². The molecule has 168 valence electrons. The van der Waals surface area contributed by atoms with Crippen LogP contribution in [0.5, 0.6) is 5.75 Å². The first-order chi connectivity index (χ1) is 14.2. The van der Waals surface area contributed by atoms with Gasteiger partial charge in [-0.05, 0) is 24.3 Å². The van der Waals surface area contributed by atoms with Crippen LogP contribution in [0.2, 0.25) is 5.02 Å². The van der Waals surface area contributed by atoms with Gasteiger partial charge >= 0.3 is 18.3 Å². The van der Waals surface area contributed by atoms with Crippen LogP contribution in [-0.4, -0.2) is 25.6 Å². The number of carbonyl (C=O) groups is 2. The summed E-state index contributed by atoms with van der Waals surface area (Å²) in [6.07, 6.45) is -10.2. The van der Waals surface area contributed by atoms with Gasteiger partial charge in [0, 0.05) is 11.8 Å². The van der Waals surface area contributed by atoms with E-state index in [0.717, 1.165) is 6.07 Å². The molecule has 0 aromatic heterocycles. The van der Waals surface area contributed by atoms with Gasteiger partial charge < -0.3 is 20.5 Å². The highest BCUT2D eigenvalue weighted by Gasteiger charge is 2.37. The molecule has 0 fully saturated rings. The molecule has 0 aliphatic heterocycles. The Labute approximate surface area is 175 Å². The van der Waals surface area contributed by atoms with Crippen LogP contribution in [0.15, 0.2) is 30.3 Å². The summed E-state index contributed by atoms with van der Waals surface area (Å²) in [5.74, 6) is -2.30. The third-order valence-electron chi connectivity index (χ3n) is 3.74. The number of rotatable bonds is 5. The Hall–Kier alpha value is -3.15. The summed E-state index contributed by atoms with van der Waals surface area (Å²) in [7, 11) is 1.22. The number of amides is 1. The summed E-state index contributed by atoms with van der Waals surface area (Å²) in [5.41, 5.74) is 1.45. The number of hydrogen-bond acceptors (Lipinski definition) is 5. The van der Waals surface area contributed by atoms with Crippen molar-refractivity contribution in [1.29, 1.82) is 0 Å². The van der Waals surface area contributed by atoms with Gasteiger partial charge in [0.05, 0.1) is 28.9 Å². The average molecular weight is 471 g/mol. The average Bonchev–Trinajstić information content (AvgIpc) is 2.66. The number of carbonyl (C=O) groups excluding carboxylic acids is 2. The van der Waals surface area contributed by atoms with Crippen molar-refractivity contribution < 1.29 is 45.4 Å². The first-order valence-electron chi connectivity index (χ1n) is 8.12. The fraction of sp³-hybridized carbons (Fsp3) is 0.222. The summed E-state index contributed by atoms with van der Waals surface area (Å²) < 4.78 is 86.9. The fourth-order valence-corrected chi connectivity index (χ4v) is 2.49. The highest BCUT2D eigenvalue weighted by Crippen LogP contribution is 2.37. The Morgan fingerprint density at radius 2 is 1.55 bits per heavy atom. The standard InChI is InChI=1S/C18H13ClF6N2O4/c1-30-14-6-13(26)12(19)5-11(14)16(29)31-7-15(28)27-10-3-8(17(20,21)22)2-9(4-10)18(23,24)25/h2-6H,7,26H2,1H3,(H,27,28). The second kappa shape index (κ2) is 8.92. The molecule has 1 amide bonds. The van der Waals surface area contributed by atoms with Gasteiger partial charge in [-0.3, -0.25) is 4.79 Å². The Balaban J connectivity index is 2.16. The molecule has 0 atom stereocenters. The topological polar surface area (TPSA) is 90.7 Å². The summed E-state index contributed by atoms with van der Waals surface area (Å²) in [5, 5.41) is 1.82. The third kappa shape index (κ3) is 6.17. The Kier molecular flexibility index (Phi) is 6.94. The predicted molar refractivity (Wildman–Crippen MR) is 97.8 cm³/mol. The van der Waals surface area contributed by atoms with Gasteiger partial charge in [0.25, 0.3) is 5.91 Å². The van der Waals surface area contributed by atoms with Gasteiger partial charge in [0.2, 0.25) is 0 Å². The second-order valence-electron chi connectivity index (χ2n) is 5.99. The number of ether oxygens (including phenoxy) is 2. The zero-order valence-corrected chi connectivity index (χ0v) is 16.2. The van der Waals surface area contributed by atoms with Crippen molar-refractivity contribution in [1.82, 2.24) is 0 Å². The molecule has 2 aromatic carbocycles. The number of nitrogens with one attached hydrogen (secondary N) is 1. The number of nitrogen functional groups attached to an aromatic ring is 1. The van der Waals surface area contributed by atoms with Crippen LogP contribution in [0.25, 0.3) is 0 Å². The van der Waals surface area contributed by atoms with E-state index in [4.69, 9.17) is 26.8 Å². The maximum absolute atomic E-state index is 12.9. The minimum atomic E-state index is -5.09. The highest BCUT2D eigenvalue weighted by molar-refractivity contribution is 6.33. The maximum Gasteiger partial charge on any atom is 0.416 e. The SMILES string of the molecule is COc1cc(N)c(Cl)cc1C(=O)OCC(=O)Nc1cc(C(F)(F)F)cc(C(F)(F)F)c1. The molecular weight excluding hydrogens is 458 g/mol. The molecule has 2 aromatic rings. The largest absolute Gasteiger partial charge is 0.496 e. The zero-order chi connectivity index (χ0) is 23.6. The number of benzene rings is 2. The molecule has 0 heterocycles. The molecule has 3 N–H and O–H groups in total. The third-order valence-corrected chi connectivity index (χ3v) is 4.07. The van der Waals surface area contributed by atoms with Gasteiger partial charge in [-0.15, -0.1) is 0 Å². The van der Waals surface area contributed by atoms with Crippen molar-refractivity contribution in [3.05, 3.63) is 52.0 Å².